The molecule has 0 amide bonds. The largest absolute Gasteiger partial charge is 0.371 e. The molecule has 3 nitrogen and oxygen atoms in total. The van der Waals surface area contributed by atoms with Gasteiger partial charge < -0.3 is 4.90 Å². The van der Waals surface area contributed by atoms with E-state index in [-0.39, 0.29) is 5.57 Å². The first-order valence-corrected chi connectivity index (χ1v) is 5.16. The average molecular weight is 209 g/mol. The van der Waals surface area contributed by atoms with E-state index in [1.165, 1.54) is 11.1 Å². The molecule has 1 aliphatic heterocycles. The number of rotatable bonds is 1. The van der Waals surface area contributed by atoms with Crippen molar-refractivity contribution in [3.05, 3.63) is 47.2 Å². The first-order valence-electron chi connectivity index (χ1n) is 5.16. The van der Waals surface area contributed by atoms with E-state index >= 15 is 0 Å². The van der Waals surface area contributed by atoms with Crippen molar-refractivity contribution in [2.24, 2.45) is 0 Å². The third-order valence-corrected chi connectivity index (χ3v) is 2.71. The molecule has 16 heavy (non-hydrogen) atoms. The molecule has 1 aliphatic rings. The fourth-order valence-corrected chi connectivity index (χ4v) is 1.89. The fourth-order valence-electron chi connectivity index (χ4n) is 1.89. The molecule has 1 aromatic rings. The van der Waals surface area contributed by atoms with Crippen LogP contribution < -0.4 is 0 Å². The lowest BCUT2D eigenvalue weighted by molar-refractivity contribution is 0.352. The van der Waals surface area contributed by atoms with Gasteiger partial charge in [0, 0.05) is 19.3 Å². The summed E-state index contributed by atoms with van der Waals surface area (Å²) >= 11 is 0. The number of fused-ring (bicyclic) bond motifs is 1. The van der Waals surface area contributed by atoms with Crippen LogP contribution in [-0.2, 0) is 13.0 Å². The van der Waals surface area contributed by atoms with Crippen molar-refractivity contribution in [2.45, 2.75) is 13.0 Å². The van der Waals surface area contributed by atoms with E-state index in [0.29, 0.717) is 0 Å². The molecule has 0 fully saturated rings. The third-order valence-electron chi connectivity index (χ3n) is 2.71. The van der Waals surface area contributed by atoms with Gasteiger partial charge in [-0.2, -0.15) is 10.5 Å². The molecule has 0 saturated heterocycles. The Morgan fingerprint density at radius 3 is 2.56 bits per heavy atom. The maximum atomic E-state index is 8.68. The second-order valence-corrected chi connectivity index (χ2v) is 3.76. The van der Waals surface area contributed by atoms with Gasteiger partial charge in [0.1, 0.15) is 17.7 Å². The van der Waals surface area contributed by atoms with Crippen molar-refractivity contribution >= 4 is 0 Å². The van der Waals surface area contributed by atoms with Crippen LogP contribution in [0.15, 0.2) is 36.0 Å². The van der Waals surface area contributed by atoms with Gasteiger partial charge in [-0.15, -0.1) is 0 Å². The summed E-state index contributed by atoms with van der Waals surface area (Å²) in [6, 6.07) is 12.0. The molecule has 0 aromatic heterocycles. The molecule has 0 N–H and O–H groups in total. The summed E-state index contributed by atoms with van der Waals surface area (Å²) in [6.45, 7) is 1.65. The van der Waals surface area contributed by atoms with Crippen molar-refractivity contribution in [2.75, 3.05) is 6.54 Å². The number of nitrogens with zero attached hydrogens (tertiary/aromatic N) is 3. The van der Waals surface area contributed by atoms with Gasteiger partial charge in [-0.1, -0.05) is 24.3 Å². The summed E-state index contributed by atoms with van der Waals surface area (Å²) in [5.41, 5.74) is 2.81. The average Bonchev–Trinajstić information content (AvgIpc) is 2.35. The maximum absolute atomic E-state index is 8.68. The molecule has 78 valence electrons. The SMILES string of the molecule is N#CC(C#N)=CN1CCc2ccccc2C1. The van der Waals surface area contributed by atoms with Crippen LogP contribution in [0.5, 0.6) is 0 Å². The van der Waals surface area contributed by atoms with Crippen molar-refractivity contribution in [1.29, 1.82) is 10.5 Å². The molecule has 0 saturated carbocycles. The highest BCUT2D eigenvalue weighted by atomic mass is 15.1. The second-order valence-electron chi connectivity index (χ2n) is 3.76. The zero-order valence-corrected chi connectivity index (χ0v) is 8.85. The number of hydrogen-bond donors (Lipinski definition) is 0. The van der Waals surface area contributed by atoms with Crippen molar-refractivity contribution in [1.82, 2.24) is 4.90 Å². The van der Waals surface area contributed by atoms with E-state index in [4.69, 9.17) is 10.5 Å². The Labute approximate surface area is 94.8 Å². The summed E-state index contributed by atoms with van der Waals surface area (Å²) in [7, 11) is 0. The van der Waals surface area contributed by atoms with Crippen LogP contribution in [0.1, 0.15) is 11.1 Å². The summed E-state index contributed by atoms with van der Waals surface area (Å²) in [4.78, 5) is 2.02. The Kier molecular flexibility index (Phi) is 2.89. The van der Waals surface area contributed by atoms with Gasteiger partial charge in [-0.25, -0.2) is 0 Å². The predicted molar refractivity (Wildman–Crippen MR) is 59.9 cm³/mol. The smallest absolute Gasteiger partial charge is 0.145 e. The molecule has 0 spiro atoms. The minimum atomic E-state index is 0.166. The summed E-state index contributed by atoms with van der Waals surface area (Å²) in [5.74, 6) is 0. The Morgan fingerprint density at radius 2 is 1.88 bits per heavy atom. The highest BCUT2D eigenvalue weighted by molar-refractivity contribution is 5.36. The lowest BCUT2D eigenvalue weighted by atomic mass is 10.0. The third kappa shape index (κ3) is 2.04. The summed E-state index contributed by atoms with van der Waals surface area (Å²) < 4.78 is 0. The van der Waals surface area contributed by atoms with Crippen LogP contribution in [0.4, 0.5) is 0 Å². The summed E-state index contributed by atoms with van der Waals surface area (Å²) in [5, 5.41) is 17.4. The molecule has 3 heteroatoms. The maximum Gasteiger partial charge on any atom is 0.145 e. The van der Waals surface area contributed by atoms with Crippen molar-refractivity contribution in [3.8, 4) is 12.1 Å². The highest BCUT2D eigenvalue weighted by Gasteiger charge is 2.13. The second kappa shape index (κ2) is 4.51. The van der Waals surface area contributed by atoms with Crippen molar-refractivity contribution in [3.63, 3.8) is 0 Å². The number of hydrogen-bond acceptors (Lipinski definition) is 3. The molecule has 1 aromatic carbocycles. The van der Waals surface area contributed by atoms with E-state index in [1.54, 1.807) is 6.20 Å². The minimum Gasteiger partial charge on any atom is -0.371 e. The Bertz CT molecular complexity index is 487. The molecule has 0 aliphatic carbocycles. The Balaban J connectivity index is 2.19. The molecule has 0 unspecified atom stereocenters. The molecule has 0 atom stereocenters. The van der Waals surface area contributed by atoms with Gasteiger partial charge >= 0.3 is 0 Å². The van der Waals surface area contributed by atoms with Gasteiger partial charge in [0.2, 0.25) is 0 Å². The number of allylic oxidation sites excluding steroid dienone is 1. The highest BCUT2D eigenvalue weighted by Crippen LogP contribution is 2.18. The molecule has 1 heterocycles. The van der Waals surface area contributed by atoms with Crippen LogP contribution in [0.3, 0.4) is 0 Å². The Hall–Kier alpha value is -2.26. The van der Waals surface area contributed by atoms with Crippen LogP contribution >= 0.6 is 0 Å². The zero-order valence-electron chi connectivity index (χ0n) is 8.85. The minimum absolute atomic E-state index is 0.166. The van der Waals surface area contributed by atoms with Crippen LogP contribution in [0.25, 0.3) is 0 Å². The van der Waals surface area contributed by atoms with E-state index in [9.17, 15) is 0 Å². The first-order chi connectivity index (χ1) is 7.83. The molecular weight excluding hydrogens is 198 g/mol. The van der Waals surface area contributed by atoms with Crippen molar-refractivity contribution < 1.29 is 0 Å². The van der Waals surface area contributed by atoms with E-state index in [2.05, 4.69) is 12.1 Å². The molecule has 0 radical (unpaired) electrons. The fraction of sp³-hybridized carbons (Fsp3) is 0.231. The molecule has 2 rings (SSSR count). The lowest BCUT2D eigenvalue weighted by Crippen LogP contribution is -2.26. The van der Waals surface area contributed by atoms with Gasteiger partial charge in [0.05, 0.1) is 0 Å². The number of nitriles is 2. The first kappa shape index (κ1) is 10.3. The van der Waals surface area contributed by atoms with Crippen LogP contribution in [0.2, 0.25) is 0 Å². The lowest BCUT2D eigenvalue weighted by Gasteiger charge is -2.27. The Morgan fingerprint density at radius 1 is 1.19 bits per heavy atom. The molecule has 0 bridgehead atoms. The van der Waals surface area contributed by atoms with E-state index in [1.807, 2.05) is 29.2 Å². The molecular formula is C13H11N3. The van der Waals surface area contributed by atoms with Gasteiger partial charge in [-0.3, -0.25) is 0 Å². The normalized spacial score (nSPS) is 13.2. The van der Waals surface area contributed by atoms with E-state index in [0.717, 1.165) is 19.5 Å². The quantitative estimate of drug-likeness (QED) is 0.664. The van der Waals surface area contributed by atoms with Gasteiger partial charge in [0.25, 0.3) is 0 Å². The number of benzene rings is 1. The van der Waals surface area contributed by atoms with Crippen LogP contribution in [0, 0.1) is 22.7 Å². The standard InChI is InChI=1S/C13H11N3/c14-7-11(8-15)9-16-6-5-12-3-1-2-4-13(12)10-16/h1-4,9H,5-6,10H2. The summed E-state index contributed by atoms with van der Waals surface area (Å²) in [6.07, 6.45) is 2.62. The van der Waals surface area contributed by atoms with Gasteiger partial charge in [-0.05, 0) is 17.5 Å². The topological polar surface area (TPSA) is 50.8 Å². The zero-order chi connectivity index (χ0) is 11.4. The monoisotopic (exact) mass is 209 g/mol. The van der Waals surface area contributed by atoms with E-state index < -0.39 is 0 Å². The van der Waals surface area contributed by atoms with Crippen LogP contribution in [-0.4, -0.2) is 11.4 Å². The van der Waals surface area contributed by atoms with Gasteiger partial charge in [0.15, 0.2) is 0 Å². The predicted octanol–water partition coefficient (Wildman–Crippen LogP) is 1.98.